The summed E-state index contributed by atoms with van der Waals surface area (Å²) < 4.78 is 18.6. The molecular formula is C22H26FN5O3. The SMILES string of the molecule is O=C1CCCN1CCOCC(=O)N1CCC[C@H]1c1cccc(Nc2ccc(F)cn2)n1. The molecule has 8 nitrogen and oxygen atoms in total. The van der Waals surface area contributed by atoms with E-state index in [0.717, 1.165) is 37.7 Å². The van der Waals surface area contributed by atoms with Gasteiger partial charge in [-0.1, -0.05) is 6.07 Å². The molecular weight excluding hydrogens is 401 g/mol. The Balaban J connectivity index is 1.32. The summed E-state index contributed by atoms with van der Waals surface area (Å²) in [7, 11) is 0. The number of nitrogens with zero attached hydrogens (tertiary/aromatic N) is 4. The molecule has 0 bridgehead atoms. The molecule has 1 atom stereocenters. The van der Waals surface area contributed by atoms with E-state index >= 15 is 0 Å². The highest BCUT2D eigenvalue weighted by molar-refractivity contribution is 5.78. The van der Waals surface area contributed by atoms with Crippen molar-refractivity contribution in [2.45, 2.75) is 31.7 Å². The molecule has 2 fully saturated rings. The van der Waals surface area contributed by atoms with E-state index in [0.29, 0.717) is 37.8 Å². The summed E-state index contributed by atoms with van der Waals surface area (Å²) in [6.45, 7) is 2.32. The minimum absolute atomic E-state index is 0.00400. The van der Waals surface area contributed by atoms with Crippen molar-refractivity contribution in [2.75, 3.05) is 38.2 Å². The molecule has 2 aromatic rings. The summed E-state index contributed by atoms with van der Waals surface area (Å²) in [6, 6.07) is 8.34. The predicted octanol–water partition coefficient (Wildman–Crippen LogP) is 2.66. The lowest BCUT2D eigenvalue weighted by Crippen LogP contribution is -2.35. The number of amides is 2. The van der Waals surface area contributed by atoms with Crippen LogP contribution in [0.15, 0.2) is 36.5 Å². The molecule has 2 aliphatic heterocycles. The summed E-state index contributed by atoms with van der Waals surface area (Å²) in [5.74, 6) is 0.764. The van der Waals surface area contributed by atoms with Crippen LogP contribution in [0.3, 0.4) is 0 Å². The lowest BCUT2D eigenvalue weighted by atomic mass is 10.1. The minimum Gasteiger partial charge on any atom is -0.370 e. The van der Waals surface area contributed by atoms with E-state index in [9.17, 15) is 14.0 Å². The first-order chi connectivity index (χ1) is 15.1. The summed E-state index contributed by atoms with van der Waals surface area (Å²) in [6.07, 6.45) is 4.37. The Morgan fingerprint density at radius 2 is 2.10 bits per heavy atom. The lowest BCUT2D eigenvalue weighted by molar-refractivity contribution is -0.137. The largest absolute Gasteiger partial charge is 0.370 e. The fourth-order valence-electron chi connectivity index (χ4n) is 4.02. The Kier molecular flexibility index (Phi) is 6.71. The fraction of sp³-hybridized carbons (Fsp3) is 0.455. The number of aromatic nitrogens is 2. The molecule has 2 aromatic heterocycles. The first-order valence-corrected chi connectivity index (χ1v) is 10.6. The van der Waals surface area contributed by atoms with Crippen LogP contribution in [0.5, 0.6) is 0 Å². The van der Waals surface area contributed by atoms with Gasteiger partial charge in [-0.05, 0) is 43.5 Å². The summed E-state index contributed by atoms with van der Waals surface area (Å²) in [5, 5.41) is 3.06. The third-order valence-electron chi connectivity index (χ3n) is 5.57. The zero-order valence-corrected chi connectivity index (χ0v) is 17.3. The smallest absolute Gasteiger partial charge is 0.249 e. The molecule has 0 radical (unpaired) electrons. The number of halogens is 1. The molecule has 4 rings (SSSR count). The number of ether oxygens (including phenoxy) is 1. The van der Waals surface area contributed by atoms with Crippen molar-refractivity contribution in [2.24, 2.45) is 0 Å². The van der Waals surface area contributed by atoms with Gasteiger partial charge in [-0.25, -0.2) is 14.4 Å². The molecule has 2 aliphatic rings. The van der Waals surface area contributed by atoms with Gasteiger partial charge in [-0.2, -0.15) is 0 Å². The molecule has 2 amide bonds. The Bertz CT molecular complexity index is 924. The van der Waals surface area contributed by atoms with E-state index in [1.165, 1.54) is 6.07 Å². The number of carbonyl (C=O) groups excluding carboxylic acids is 2. The number of hydrogen-bond donors (Lipinski definition) is 1. The van der Waals surface area contributed by atoms with Crippen LogP contribution in [0.1, 0.15) is 37.4 Å². The van der Waals surface area contributed by atoms with Crippen LogP contribution in [0.25, 0.3) is 0 Å². The van der Waals surface area contributed by atoms with Crippen LogP contribution < -0.4 is 5.32 Å². The van der Waals surface area contributed by atoms with Gasteiger partial charge in [-0.15, -0.1) is 0 Å². The molecule has 1 N–H and O–H groups in total. The van der Waals surface area contributed by atoms with Crippen molar-refractivity contribution >= 4 is 23.5 Å². The molecule has 0 spiro atoms. The van der Waals surface area contributed by atoms with Gasteiger partial charge >= 0.3 is 0 Å². The summed E-state index contributed by atoms with van der Waals surface area (Å²) >= 11 is 0. The number of hydrogen-bond acceptors (Lipinski definition) is 6. The zero-order valence-electron chi connectivity index (χ0n) is 17.3. The monoisotopic (exact) mass is 427 g/mol. The fourth-order valence-corrected chi connectivity index (χ4v) is 4.02. The van der Waals surface area contributed by atoms with Gasteiger partial charge in [0.25, 0.3) is 0 Å². The van der Waals surface area contributed by atoms with Crippen LogP contribution in [0, 0.1) is 5.82 Å². The third kappa shape index (κ3) is 5.35. The highest BCUT2D eigenvalue weighted by Crippen LogP contribution is 2.31. The van der Waals surface area contributed by atoms with Gasteiger partial charge in [0.2, 0.25) is 11.8 Å². The number of pyridine rings is 2. The van der Waals surface area contributed by atoms with Crippen molar-refractivity contribution < 1.29 is 18.7 Å². The first-order valence-electron chi connectivity index (χ1n) is 10.6. The van der Waals surface area contributed by atoms with Gasteiger partial charge in [0.05, 0.1) is 24.5 Å². The average molecular weight is 427 g/mol. The highest BCUT2D eigenvalue weighted by atomic mass is 19.1. The Morgan fingerprint density at radius 1 is 1.19 bits per heavy atom. The van der Waals surface area contributed by atoms with Gasteiger partial charge in [0.1, 0.15) is 24.1 Å². The van der Waals surface area contributed by atoms with E-state index < -0.39 is 5.82 Å². The highest BCUT2D eigenvalue weighted by Gasteiger charge is 2.31. The van der Waals surface area contributed by atoms with Crippen molar-refractivity contribution in [3.8, 4) is 0 Å². The van der Waals surface area contributed by atoms with Crippen LogP contribution in [-0.4, -0.2) is 64.4 Å². The molecule has 0 saturated carbocycles. The van der Waals surface area contributed by atoms with E-state index in [4.69, 9.17) is 4.74 Å². The molecule has 164 valence electrons. The van der Waals surface area contributed by atoms with Gasteiger partial charge < -0.3 is 19.9 Å². The van der Waals surface area contributed by atoms with E-state index in [1.807, 2.05) is 17.0 Å². The van der Waals surface area contributed by atoms with E-state index in [1.54, 1.807) is 17.0 Å². The Labute approximate surface area is 180 Å². The van der Waals surface area contributed by atoms with E-state index in [-0.39, 0.29) is 24.5 Å². The number of nitrogens with one attached hydrogen (secondary N) is 1. The number of carbonyl (C=O) groups is 2. The molecule has 31 heavy (non-hydrogen) atoms. The lowest BCUT2D eigenvalue weighted by Gasteiger charge is -2.25. The third-order valence-corrected chi connectivity index (χ3v) is 5.57. The molecule has 4 heterocycles. The molecule has 2 saturated heterocycles. The topological polar surface area (TPSA) is 87.7 Å². The van der Waals surface area contributed by atoms with Crippen LogP contribution in [0.4, 0.5) is 16.0 Å². The average Bonchev–Trinajstić information content (AvgIpc) is 3.42. The van der Waals surface area contributed by atoms with Crippen molar-refractivity contribution in [1.82, 2.24) is 19.8 Å². The quantitative estimate of drug-likeness (QED) is 0.652. The normalized spacial score (nSPS) is 18.6. The maximum absolute atomic E-state index is 13.0. The van der Waals surface area contributed by atoms with Gasteiger partial charge in [0.15, 0.2) is 0 Å². The van der Waals surface area contributed by atoms with Crippen molar-refractivity contribution in [3.05, 3.63) is 48.0 Å². The summed E-state index contributed by atoms with van der Waals surface area (Å²) in [4.78, 5) is 36.6. The Hall–Kier alpha value is -3.07. The zero-order chi connectivity index (χ0) is 21.6. The van der Waals surface area contributed by atoms with Crippen LogP contribution in [-0.2, 0) is 14.3 Å². The molecule has 9 heteroatoms. The number of rotatable bonds is 8. The molecule has 0 unspecified atom stereocenters. The number of likely N-dealkylation sites (tertiary alicyclic amines) is 2. The minimum atomic E-state index is -0.401. The second-order valence-corrected chi connectivity index (χ2v) is 7.72. The predicted molar refractivity (Wildman–Crippen MR) is 112 cm³/mol. The molecule has 0 aromatic carbocycles. The summed E-state index contributed by atoms with van der Waals surface area (Å²) in [5.41, 5.74) is 0.792. The van der Waals surface area contributed by atoms with Gasteiger partial charge in [-0.3, -0.25) is 9.59 Å². The second kappa shape index (κ2) is 9.82. The van der Waals surface area contributed by atoms with E-state index in [2.05, 4.69) is 15.3 Å². The first kappa shape index (κ1) is 21.2. The van der Waals surface area contributed by atoms with Gasteiger partial charge in [0, 0.05) is 26.1 Å². The van der Waals surface area contributed by atoms with Crippen molar-refractivity contribution in [3.63, 3.8) is 0 Å². The molecule has 0 aliphatic carbocycles. The second-order valence-electron chi connectivity index (χ2n) is 7.72. The van der Waals surface area contributed by atoms with Crippen molar-refractivity contribution in [1.29, 1.82) is 0 Å². The standard InChI is InChI=1S/C22H26FN5O3/c23-16-8-9-19(24-14-16)26-20-6-1-4-17(25-20)18-5-2-11-28(18)22(30)15-31-13-12-27-10-3-7-21(27)29/h1,4,6,8-9,14,18H,2-3,5,7,10-13,15H2,(H,24,25,26)/t18-/m0/s1. The number of anilines is 2. The van der Waals surface area contributed by atoms with Crippen LogP contribution >= 0.6 is 0 Å². The maximum Gasteiger partial charge on any atom is 0.249 e. The van der Waals surface area contributed by atoms with Crippen LogP contribution in [0.2, 0.25) is 0 Å². The Morgan fingerprint density at radius 3 is 2.87 bits per heavy atom. The maximum atomic E-state index is 13.0.